The van der Waals surface area contributed by atoms with E-state index in [0.717, 1.165) is 12.3 Å². The molecule has 1 rings (SSSR count). The highest BCUT2D eigenvalue weighted by Crippen LogP contribution is 2.35. The summed E-state index contributed by atoms with van der Waals surface area (Å²) in [5.74, 6) is 0. The Kier molecular flexibility index (Phi) is 5.88. The normalized spacial score (nSPS) is 14.4. The maximum absolute atomic E-state index is 11.5. The summed E-state index contributed by atoms with van der Waals surface area (Å²) in [6.07, 6.45) is -1.82. The van der Waals surface area contributed by atoms with E-state index in [1.165, 1.54) is 0 Å². The van der Waals surface area contributed by atoms with Crippen molar-refractivity contribution in [2.24, 2.45) is 0 Å². The highest BCUT2D eigenvalue weighted by molar-refractivity contribution is 7.46. The number of nitrogens with zero attached hydrogens (tertiary/aromatic N) is 1. The van der Waals surface area contributed by atoms with Crippen LogP contribution < -0.4 is 11.2 Å². The third-order valence-corrected chi connectivity index (χ3v) is 2.60. The van der Waals surface area contributed by atoms with Crippen LogP contribution in [0.4, 0.5) is 0 Å². The van der Waals surface area contributed by atoms with Gasteiger partial charge in [-0.2, -0.15) is 0 Å². The minimum Gasteiger partial charge on any atom is -0.338 e. The van der Waals surface area contributed by atoms with Gasteiger partial charge in [-0.05, 0) is 0 Å². The smallest absolute Gasteiger partial charge is 0.338 e. The first-order chi connectivity index (χ1) is 9.76. The van der Waals surface area contributed by atoms with Crippen molar-refractivity contribution in [2.45, 2.75) is 12.3 Å². The molecule has 1 aromatic heterocycles. The molecule has 0 aliphatic heterocycles. The van der Waals surface area contributed by atoms with Crippen molar-refractivity contribution < 1.29 is 33.2 Å². The monoisotopic (exact) mass is 322 g/mol. The van der Waals surface area contributed by atoms with E-state index in [-0.39, 0.29) is 12.6 Å². The van der Waals surface area contributed by atoms with Gasteiger partial charge in [0.15, 0.2) is 18.8 Å². The third-order valence-electron chi connectivity index (χ3n) is 2.11. The van der Waals surface area contributed by atoms with E-state index < -0.39 is 38.0 Å². The summed E-state index contributed by atoms with van der Waals surface area (Å²) < 4.78 is 20.1. The lowest BCUT2D eigenvalue weighted by Gasteiger charge is -2.18. The third kappa shape index (κ3) is 5.53. The second-order valence-electron chi connectivity index (χ2n) is 3.64. The Morgan fingerprint density at radius 1 is 1.33 bits per heavy atom. The molecule has 0 bridgehead atoms. The maximum Gasteiger partial charge on any atom is 0.469 e. The van der Waals surface area contributed by atoms with Crippen molar-refractivity contribution in [2.75, 3.05) is 6.61 Å². The molecule has 0 aliphatic carbocycles. The van der Waals surface area contributed by atoms with Crippen LogP contribution in [0.15, 0.2) is 21.9 Å². The number of hydrogen-bond donors (Lipinski definition) is 3. The van der Waals surface area contributed by atoms with Gasteiger partial charge in [-0.1, -0.05) is 0 Å². The number of carbonyl (C=O) groups is 2. The molecule has 2 atom stereocenters. The second kappa shape index (κ2) is 7.20. The number of carbonyl (C=O) groups excluding carboxylic acids is 2. The lowest BCUT2D eigenvalue weighted by molar-refractivity contribution is -0.139. The number of nitrogens with one attached hydrogen (secondary N) is 1. The first kappa shape index (κ1) is 17.1. The fourth-order valence-corrected chi connectivity index (χ4v) is 1.59. The van der Waals surface area contributed by atoms with Crippen molar-refractivity contribution in [3.8, 4) is 0 Å². The molecular weight excluding hydrogens is 311 g/mol. The average molecular weight is 322 g/mol. The van der Waals surface area contributed by atoms with Gasteiger partial charge in [-0.15, -0.1) is 0 Å². The predicted molar refractivity (Wildman–Crippen MR) is 65.4 cm³/mol. The van der Waals surface area contributed by atoms with Crippen LogP contribution in [0.25, 0.3) is 0 Å². The van der Waals surface area contributed by atoms with E-state index in [9.17, 15) is 23.7 Å². The van der Waals surface area contributed by atoms with Gasteiger partial charge in [0.25, 0.3) is 5.56 Å². The molecule has 1 heterocycles. The number of aromatic nitrogens is 2. The molecular formula is C9H11N2O9P. The van der Waals surface area contributed by atoms with Gasteiger partial charge in [0.05, 0.1) is 6.61 Å². The van der Waals surface area contributed by atoms with Gasteiger partial charge < -0.3 is 19.3 Å². The molecule has 0 radical (unpaired) electrons. The van der Waals surface area contributed by atoms with Crippen LogP contribution in [0.2, 0.25) is 0 Å². The molecule has 1 aromatic rings. The SMILES string of the molecule is O=CC(COP(=O)(O)O)OC(C=O)n1ccc(=O)[nH]c1=O. The van der Waals surface area contributed by atoms with E-state index >= 15 is 0 Å². The molecule has 0 fully saturated rings. The average Bonchev–Trinajstić information content (AvgIpc) is 2.39. The lowest BCUT2D eigenvalue weighted by atomic mass is 10.4. The molecule has 0 aromatic carbocycles. The maximum atomic E-state index is 11.5. The van der Waals surface area contributed by atoms with Crippen molar-refractivity contribution in [1.29, 1.82) is 0 Å². The van der Waals surface area contributed by atoms with E-state index in [2.05, 4.69) is 4.52 Å². The van der Waals surface area contributed by atoms with Crippen LogP contribution in [0.5, 0.6) is 0 Å². The highest BCUT2D eigenvalue weighted by atomic mass is 31.2. The number of hydrogen-bond acceptors (Lipinski definition) is 7. The zero-order chi connectivity index (χ0) is 16.0. The molecule has 11 nitrogen and oxygen atoms in total. The summed E-state index contributed by atoms with van der Waals surface area (Å²) in [6, 6.07) is 0.948. The van der Waals surface area contributed by atoms with Gasteiger partial charge in [-0.3, -0.25) is 23.7 Å². The topological polar surface area (TPSA) is 165 Å². The Morgan fingerprint density at radius 2 is 2.00 bits per heavy atom. The number of ether oxygens (including phenoxy) is 1. The van der Waals surface area contributed by atoms with Crippen LogP contribution in [0, 0.1) is 0 Å². The van der Waals surface area contributed by atoms with Crippen LogP contribution in [0.1, 0.15) is 6.23 Å². The van der Waals surface area contributed by atoms with Crippen LogP contribution in [-0.4, -0.2) is 44.6 Å². The largest absolute Gasteiger partial charge is 0.469 e. The first-order valence-corrected chi connectivity index (χ1v) is 6.87. The fourth-order valence-electron chi connectivity index (χ4n) is 1.25. The Hall–Kier alpha value is -1.91. The number of H-pyrrole nitrogens is 1. The summed E-state index contributed by atoms with van der Waals surface area (Å²) in [7, 11) is -4.82. The quantitative estimate of drug-likeness (QED) is 0.360. The van der Waals surface area contributed by atoms with Crippen LogP contribution in [-0.2, 0) is 23.4 Å². The van der Waals surface area contributed by atoms with Crippen molar-refractivity contribution in [1.82, 2.24) is 9.55 Å². The fraction of sp³-hybridized carbons (Fsp3) is 0.333. The summed E-state index contributed by atoms with van der Waals surface area (Å²) in [5.41, 5.74) is -1.65. The molecule has 0 aliphatic rings. The Bertz CT molecular complexity index is 660. The number of phosphoric acid groups is 1. The summed E-state index contributed by atoms with van der Waals surface area (Å²) in [6.45, 7) is -0.823. The zero-order valence-corrected chi connectivity index (χ0v) is 11.2. The van der Waals surface area contributed by atoms with E-state index in [4.69, 9.17) is 14.5 Å². The Labute approximate surface area is 116 Å². The first-order valence-electron chi connectivity index (χ1n) is 5.34. The lowest BCUT2D eigenvalue weighted by Crippen LogP contribution is -2.36. The summed E-state index contributed by atoms with van der Waals surface area (Å²) >= 11 is 0. The van der Waals surface area contributed by atoms with E-state index in [1.807, 2.05) is 4.98 Å². The molecule has 21 heavy (non-hydrogen) atoms. The Balaban J connectivity index is 2.87. The minimum absolute atomic E-state index is 0.142. The molecule has 0 amide bonds. The Morgan fingerprint density at radius 3 is 2.48 bits per heavy atom. The van der Waals surface area contributed by atoms with E-state index in [1.54, 1.807) is 0 Å². The molecule has 0 saturated carbocycles. The van der Waals surface area contributed by atoms with Gasteiger partial charge in [0, 0.05) is 12.3 Å². The van der Waals surface area contributed by atoms with Gasteiger partial charge in [0.2, 0.25) is 0 Å². The standard InChI is InChI=1S/C9H11N2O9P/c12-3-6(5-19-21(16,17)18)20-8(4-13)11-2-1-7(14)10-9(11)15/h1-4,6,8H,5H2,(H,10,14,15)(H2,16,17,18). The van der Waals surface area contributed by atoms with Gasteiger partial charge in [-0.25, -0.2) is 9.36 Å². The molecule has 0 spiro atoms. The zero-order valence-electron chi connectivity index (χ0n) is 10.3. The summed E-state index contributed by atoms with van der Waals surface area (Å²) in [5, 5.41) is 0. The number of phosphoric ester groups is 1. The van der Waals surface area contributed by atoms with Gasteiger partial charge >= 0.3 is 13.5 Å². The highest BCUT2D eigenvalue weighted by Gasteiger charge is 2.22. The van der Waals surface area contributed by atoms with E-state index in [0.29, 0.717) is 4.57 Å². The second-order valence-corrected chi connectivity index (χ2v) is 4.88. The van der Waals surface area contributed by atoms with Crippen LogP contribution >= 0.6 is 7.82 Å². The van der Waals surface area contributed by atoms with Crippen molar-refractivity contribution in [3.63, 3.8) is 0 Å². The van der Waals surface area contributed by atoms with Gasteiger partial charge in [0.1, 0.15) is 6.10 Å². The molecule has 2 unspecified atom stereocenters. The minimum atomic E-state index is -4.82. The molecule has 12 heteroatoms. The molecule has 116 valence electrons. The molecule has 3 N–H and O–H groups in total. The summed E-state index contributed by atoms with van der Waals surface area (Å²) in [4.78, 5) is 62.8. The molecule has 0 saturated heterocycles. The van der Waals surface area contributed by atoms with Crippen molar-refractivity contribution in [3.05, 3.63) is 33.1 Å². The number of rotatable bonds is 8. The van der Waals surface area contributed by atoms with Crippen LogP contribution in [0.3, 0.4) is 0 Å². The number of aldehydes is 2. The van der Waals surface area contributed by atoms with Crippen molar-refractivity contribution >= 4 is 20.4 Å². The number of aromatic amines is 1. The predicted octanol–water partition coefficient (Wildman–Crippen LogP) is -2.07.